The third-order valence-electron chi connectivity index (χ3n) is 4.33. The van der Waals surface area contributed by atoms with Gasteiger partial charge in [0.1, 0.15) is 6.07 Å². The number of nitriles is 1. The number of carbonyl (C=O) groups is 1. The van der Waals surface area contributed by atoms with E-state index in [1.54, 1.807) is 7.11 Å². The molecule has 1 heterocycles. The van der Waals surface area contributed by atoms with Gasteiger partial charge in [0.2, 0.25) is 6.41 Å². The molecule has 25 heavy (non-hydrogen) atoms. The van der Waals surface area contributed by atoms with Crippen LogP contribution in [0.25, 0.3) is 23.4 Å². The van der Waals surface area contributed by atoms with Crippen molar-refractivity contribution >= 4 is 24.2 Å². The van der Waals surface area contributed by atoms with Crippen molar-refractivity contribution < 1.29 is 9.53 Å². The van der Waals surface area contributed by atoms with Gasteiger partial charge in [-0.3, -0.25) is 4.79 Å². The molecule has 0 fully saturated rings. The third-order valence-corrected chi connectivity index (χ3v) is 4.33. The van der Waals surface area contributed by atoms with Crippen LogP contribution in [0.5, 0.6) is 0 Å². The molecular weight excluding hydrogens is 314 g/mol. The molecule has 1 amide bonds. The van der Waals surface area contributed by atoms with E-state index in [1.807, 2.05) is 42.5 Å². The fourth-order valence-corrected chi connectivity index (χ4v) is 3.20. The predicted molar refractivity (Wildman–Crippen MR) is 97.8 cm³/mol. The Labute approximate surface area is 146 Å². The number of ether oxygens (including phenoxy) is 1. The van der Waals surface area contributed by atoms with Gasteiger partial charge in [0, 0.05) is 34.8 Å². The van der Waals surface area contributed by atoms with Crippen LogP contribution in [-0.4, -0.2) is 18.1 Å². The van der Waals surface area contributed by atoms with Crippen LogP contribution in [0.3, 0.4) is 0 Å². The first-order valence-corrected chi connectivity index (χ1v) is 8.11. The molecule has 1 aromatic carbocycles. The highest BCUT2D eigenvalue weighted by Crippen LogP contribution is 2.24. The van der Waals surface area contributed by atoms with E-state index >= 15 is 0 Å². The molecule has 0 bridgehead atoms. The molecule has 0 aliphatic heterocycles. The summed E-state index contributed by atoms with van der Waals surface area (Å²) >= 11 is 0. The second-order valence-electron chi connectivity index (χ2n) is 5.63. The smallest absolute Gasteiger partial charge is 0.211 e. The summed E-state index contributed by atoms with van der Waals surface area (Å²) in [6.45, 7) is 2.78. The molecule has 126 valence electrons. The van der Waals surface area contributed by atoms with Gasteiger partial charge in [-0.15, -0.1) is 0 Å². The highest BCUT2D eigenvalue weighted by molar-refractivity contribution is 5.77. The normalized spacial score (nSPS) is 12.6. The Morgan fingerprint density at radius 3 is 2.92 bits per heavy atom. The van der Waals surface area contributed by atoms with Crippen molar-refractivity contribution in [1.82, 2.24) is 4.57 Å². The van der Waals surface area contributed by atoms with Crippen molar-refractivity contribution in [1.29, 1.82) is 5.26 Å². The lowest BCUT2D eigenvalue weighted by Crippen LogP contribution is -2.29. The van der Waals surface area contributed by atoms with Crippen LogP contribution in [0.2, 0.25) is 0 Å². The molecule has 0 spiro atoms. The summed E-state index contributed by atoms with van der Waals surface area (Å²) in [4.78, 5) is 10.7. The van der Waals surface area contributed by atoms with Crippen LogP contribution in [0.1, 0.15) is 18.9 Å². The molecule has 5 nitrogen and oxygen atoms in total. The lowest BCUT2D eigenvalue weighted by Gasteiger charge is -2.09. The van der Waals surface area contributed by atoms with Crippen molar-refractivity contribution in [2.75, 3.05) is 12.4 Å². The molecule has 0 unspecified atom stereocenters. The SMILES string of the molecule is CCn1c(-c2cccc(NC=O)c2)c(C#N)c2c1=CC=C(OC)CC=2. The molecule has 5 heteroatoms. The van der Waals surface area contributed by atoms with Crippen molar-refractivity contribution in [3.05, 3.63) is 52.2 Å². The minimum absolute atomic E-state index is 0.641. The summed E-state index contributed by atoms with van der Waals surface area (Å²) in [7, 11) is 1.65. The molecule has 1 aliphatic carbocycles. The molecule has 0 radical (unpaired) electrons. The van der Waals surface area contributed by atoms with Gasteiger partial charge in [-0.2, -0.15) is 5.26 Å². The van der Waals surface area contributed by atoms with Crippen LogP contribution in [0.15, 0.2) is 36.1 Å². The second kappa shape index (κ2) is 7.10. The number of fused-ring (bicyclic) bond motifs is 1. The monoisotopic (exact) mass is 333 g/mol. The van der Waals surface area contributed by atoms with Crippen molar-refractivity contribution in [2.45, 2.75) is 19.9 Å². The Kier molecular flexibility index (Phi) is 4.71. The molecule has 0 saturated heterocycles. The van der Waals surface area contributed by atoms with Gasteiger partial charge < -0.3 is 14.6 Å². The average Bonchev–Trinajstić information content (AvgIpc) is 2.78. The van der Waals surface area contributed by atoms with E-state index in [0.717, 1.165) is 34.1 Å². The number of benzene rings is 1. The second-order valence-corrected chi connectivity index (χ2v) is 5.63. The summed E-state index contributed by atoms with van der Waals surface area (Å²) in [5.41, 5.74) is 3.11. The number of carbonyl (C=O) groups excluding carboxylic acids is 1. The van der Waals surface area contributed by atoms with Crippen LogP contribution < -0.4 is 15.9 Å². The fraction of sp³-hybridized carbons (Fsp3) is 0.200. The Morgan fingerprint density at radius 2 is 2.24 bits per heavy atom. The van der Waals surface area contributed by atoms with Gasteiger partial charge in [-0.25, -0.2) is 0 Å². The van der Waals surface area contributed by atoms with Crippen LogP contribution >= 0.6 is 0 Å². The molecule has 1 N–H and O–H groups in total. The summed E-state index contributed by atoms with van der Waals surface area (Å²) < 4.78 is 7.47. The Morgan fingerprint density at radius 1 is 1.40 bits per heavy atom. The minimum Gasteiger partial charge on any atom is -0.501 e. The third kappa shape index (κ3) is 2.94. The molecule has 1 aliphatic rings. The molecule has 0 saturated carbocycles. The number of allylic oxidation sites excluding steroid dienone is 2. The number of methoxy groups -OCH3 is 1. The quantitative estimate of drug-likeness (QED) is 0.852. The topological polar surface area (TPSA) is 67.0 Å². The maximum absolute atomic E-state index is 10.7. The van der Waals surface area contributed by atoms with E-state index in [-0.39, 0.29) is 0 Å². The van der Waals surface area contributed by atoms with E-state index in [1.165, 1.54) is 0 Å². The summed E-state index contributed by atoms with van der Waals surface area (Å²) in [5, 5.41) is 14.4. The summed E-state index contributed by atoms with van der Waals surface area (Å²) in [6.07, 6.45) is 7.28. The zero-order valence-corrected chi connectivity index (χ0v) is 14.2. The molecule has 0 atom stereocenters. The highest BCUT2D eigenvalue weighted by Gasteiger charge is 2.17. The number of hydrogen-bond donors (Lipinski definition) is 1. The number of amides is 1. The largest absolute Gasteiger partial charge is 0.501 e. The van der Waals surface area contributed by atoms with Crippen molar-refractivity contribution in [2.24, 2.45) is 0 Å². The first-order chi connectivity index (χ1) is 12.2. The lowest BCUT2D eigenvalue weighted by atomic mass is 10.1. The molecule has 1 aromatic heterocycles. The number of hydrogen-bond acceptors (Lipinski definition) is 3. The maximum atomic E-state index is 10.7. The zero-order chi connectivity index (χ0) is 17.8. The predicted octanol–water partition coefficient (Wildman–Crippen LogP) is 2.11. The standard InChI is InChI=1S/C20H19N3O2/c1-3-23-19-10-8-16(25-2)7-9-17(19)18(12-21)20(23)14-5-4-6-15(11-14)22-13-24/h4-6,8-11,13H,3,7H2,1-2H3,(H,22,24). The Hall–Kier alpha value is -3.26. The summed E-state index contributed by atoms with van der Waals surface area (Å²) in [6, 6.07) is 9.89. The van der Waals surface area contributed by atoms with E-state index in [9.17, 15) is 10.1 Å². The first kappa shape index (κ1) is 16.6. The lowest BCUT2D eigenvalue weighted by molar-refractivity contribution is -0.105. The number of aromatic nitrogens is 1. The Balaban J connectivity index is 2.31. The molecule has 3 rings (SSSR count). The van der Waals surface area contributed by atoms with Gasteiger partial charge in [-0.05, 0) is 31.2 Å². The van der Waals surface area contributed by atoms with Crippen LogP contribution in [0, 0.1) is 11.3 Å². The average molecular weight is 333 g/mol. The van der Waals surface area contributed by atoms with Crippen molar-refractivity contribution in [3.63, 3.8) is 0 Å². The molecule has 2 aromatic rings. The van der Waals surface area contributed by atoms with Gasteiger partial charge in [0.15, 0.2) is 0 Å². The van der Waals surface area contributed by atoms with Crippen LogP contribution in [0.4, 0.5) is 5.69 Å². The van der Waals surface area contributed by atoms with Gasteiger partial charge >= 0.3 is 0 Å². The highest BCUT2D eigenvalue weighted by atomic mass is 16.5. The van der Waals surface area contributed by atoms with Gasteiger partial charge in [0.25, 0.3) is 0 Å². The van der Waals surface area contributed by atoms with Gasteiger partial charge in [-0.1, -0.05) is 18.2 Å². The number of anilines is 1. The van der Waals surface area contributed by atoms with E-state index in [4.69, 9.17) is 4.74 Å². The summed E-state index contributed by atoms with van der Waals surface area (Å²) in [5.74, 6) is 0.862. The molecular formula is C20H19N3O2. The maximum Gasteiger partial charge on any atom is 0.211 e. The van der Waals surface area contributed by atoms with E-state index in [0.29, 0.717) is 24.1 Å². The number of rotatable bonds is 5. The number of nitrogens with one attached hydrogen (secondary N) is 1. The fourth-order valence-electron chi connectivity index (χ4n) is 3.20. The Bertz CT molecular complexity index is 1010. The first-order valence-electron chi connectivity index (χ1n) is 8.11. The zero-order valence-electron chi connectivity index (χ0n) is 14.2. The van der Waals surface area contributed by atoms with Crippen molar-refractivity contribution in [3.8, 4) is 17.3 Å². The van der Waals surface area contributed by atoms with E-state index < -0.39 is 0 Å². The van der Waals surface area contributed by atoms with E-state index in [2.05, 4.69) is 22.9 Å². The van der Waals surface area contributed by atoms with Crippen LogP contribution in [-0.2, 0) is 16.1 Å². The number of nitrogens with zero attached hydrogens (tertiary/aromatic N) is 2. The minimum atomic E-state index is 0.641. The van der Waals surface area contributed by atoms with Gasteiger partial charge in [0.05, 0.1) is 24.1 Å².